The minimum absolute atomic E-state index is 0.425. The maximum Gasteiger partial charge on any atom is 0.243 e. The van der Waals surface area contributed by atoms with Gasteiger partial charge in [-0.2, -0.15) is 4.31 Å². The van der Waals surface area contributed by atoms with Crippen molar-refractivity contribution >= 4 is 15.6 Å². The van der Waals surface area contributed by atoms with Gasteiger partial charge in [0.2, 0.25) is 10.0 Å². The molecule has 3 nitrogen and oxygen atoms in total. The topological polar surface area (TPSA) is 37.4 Å². The fourth-order valence-corrected chi connectivity index (χ4v) is 4.60. The number of hydrogen-bond acceptors (Lipinski definition) is 2. The Morgan fingerprint density at radius 3 is 2.39 bits per heavy atom. The summed E-state index contributed by atoms with van der Waals surface area (Å²) in [4.78, 5) is 0.425. The Morgan fingerprint density at radius 2 is 1.74 bits per heavy atom. The lowest BCUT2D eigenvalue weighted by Crippen LogP contribution is -2.35. The molecule has 0 bridgehead atoms. The van der Waals surface area contributed by atoms with Crippen LogP contribution in [0.15, 0.2) is 59.5 Å². The quantitative estimate of drug-likeness (QED) is 0.860. The monoisotopic (exact) mass is 327 g/mol. The highest BCUT2D eigenvalue weighted by molar-refractivity contribution is 7.89. The van der Waals surface area contributed by atoms with E-state index in [-0.39, 0.29) is 0 Å². The first-order valence-corrected chi connectivity index (χ1v) is 9.24. The van der Waals surface area contributed by atoms with E-state index in [1.54, 1.807) is 10.4 Å². The molecule has 0 aliphatic carbocycles. The van der Waals surface area contributed by atoms with Gasteiger partial charge in [-0.1, -0.05) is 48.5 Å². The van der Waals surface area contributed by atoms with Gasteiger partial charge in [0.05, 0.1) is 4.90 Å². The summed E-state index contributed by atoms with van der Waals surface area (Å²) in [5.41, 5.74) is 4.16. The molecule has 1 aliphatic heterocycles. The lowest BCUT2D eigenvalue weighted by molar-refractivity contribution is 0.441. The van der Waals surface area contributed by atoms with Crippen LogP contribution < -0.4 is 0 Å². The standard InChI is InChI=1S/C19H21NO2S/c1-15-8-9-16(2)19(14-15)23(21,22)20-12-10-18(11-13-20)17-6-4-3-5-7-17/h3-10,14H,11-13H2,1-2H3. The smallest absolute Gasteiger partial charge is 0.207 e. The normalized spacial score (nSPS) is 16.2. The van der Waals surface area contributed by atoms with Gasteiger partial charge in [-0.25, -0.2) is 8.42 Å². The summed E-state index contributed by atoms with van der Waals surface area (Å²) in [5.74, 6) is 0. The van der Waals surface area contributed by atoms with Gasteiger partial charge in [0.1, 0.15) is 0 Å². The number of benzene rings is 2. The van der Waals surface area contributed by atoms with Crippen LogP contribution in [0.1, 0.15) is 23.1 Å². The summed E-state index contributed by atoms with van der Waals surface area (Å²) in [6.45, 7) is 4.72. The van der Waals surface area contributed by atoms with E-state index in [9.17, 15) is 8.42 Å². The zero-order valence-electron chi connectivity index (χ0n) is 13.5. The molecule has 0 atom stereocenters. The highest BCUT2D eigenvalue weighted by Gasteiger charge is 2.27. The van der Waals surface area contributed by atoms with Crippen LogP contribution in [-0.2, 0) is 10.0 Å². The van der Waals surface area contributed by atoms with Crippen LogP contribution in [0.3, 0.4) is 0 Å². The Bertz CT molecular complexity index is 839. The van der Waals surface area contributed by atoms with Crippen LogP contribution >= 0.6 is 0 Å². The molecule has 2 aromatic rings. The van der Waals surface area contributed by atoms with Crippen molar-refractivity contribution in [1.29, 1.82) is 0 Å². The van der Waals surface area contributed by atoms with Crippen LogP contribution in [0.2, 0.25) is 0 Å². The molecule has 0 radical (unpaired) electrons. The molecule has 1 heterocycles. The predicted molar refractivity (Wildman–Crippen MR) is 93.7 cm³/mol. The second-order valence-corrected chi connectivity index (χ2v) is 7.88. The molecule has 0 N–H and O–H groups in total. The lowest BCUT2D eigenvalue weighted by atomic mass is 10.0. The van der Waals surface area contributed by atoms with E-state index in [0.717, 1.165) is 17.5 Å². The number of sulfonamides is 1. The second-order valence-electron chi connectivity index (χ2n) is 5.98. The number of hydrogen-bond donors (Lipinski definition) is 0. The largest absolute Gasteiger partial charge is 0.243 e. The van der Waals surface area contributed by atoms with Crippen LogP contribution in [0.4, 0.5) is 0 Å². The van der Waals surface area contributed by atoms with Crippen molar-refractivity contribution in [3.63, 3.8) is 0 Å². The molecule has 0 fully saturated rings. The molecule has 0 amide bonds. The molecular weight excluding hydrogens is 306 g/mol. The van der Waals surface area contributed by atoms with Gasteiger partial charge in [-0.3, -0.25) is 0 Å². The van der Waals surface area contributed by atoms with Crippen LogP contribution in [0, 0.1) is 13.8 Å². The Labute approximate surface area is 138 Å². The number of nitrogens with zero attached hydrogens (tertiary/aromatic N) is 1. The minimum Gasteiger partial charge on any atom is -0.207 e. The first kappa shape index (κ1) is 16.0. The summed E-state index contributed by atoms with van der Waals surface area (Å²) >= 11 is 0. The molecule has 23 heavy (non-hydrogen) atoms. The van der Waals surface area contributed by atoms with E-state index < -0.39 is 10.0 Å². The maximum absolute atomic E-state index is 12.9. The molecule has 0 saturated carbocycles. The molecule has 0 unspecified atom stereocenters. The van der Waals surface area contributed by atoms with Gasteiger partial charge >= 0.3 is 0 Å². The zero-order valence-corrected chi connectivity index (χ0v) is 14.3. The molecule has 0 saturated heterocycles. The molecule has 1 aliphatic rings. The van der Waals surface area contributed by atoms with Crippen molar-refractivity contribution in [2.24, 2.45) is 0 Å². The molecule has 0 spiro atoms. The fourth-order valence-electron chi connectivity index (χ4n) is 2.91. The van der Waals surface area contributed by atoms with Crippen LogP contribution in [-0.4, -0.2) is 25.8 Å². The van der Waals surface area contributed by atoms with Crippen molar-refractivity contribution in [2.45, 2.75) is 25.2 Å². The van der Waals surface area contributed by atoms with Gasteiger partial charge in [0.25, 0.3) is 0 Å². The molecule has 4 heteroatoms. The van der Waals surface area contributed by atoms with Crippen LogP contribution in [0.25, 0.3) is 5.57 Å². The Hall–Kier alpha value is -1.91. The van der Waals surface area contributed by atoms with Crippen molar-refractivity contribution in [1.82, 2.24) is 4.31 Å². The molecule has 120 valence electrons. The SMILES string of the molecule is Cc1ccc(C)c(S(=O)(=O)N2CC=C(c3ccccc3)CC2)c1. The fraction of sp³-hybridized carbons (Fsp3) is 0.263. The Kier molecular flexibility index (Phi) is 4.37. The maximum atomic E-state index is 12.9. The van der Waals surface area contributed by atoms with Crippen molar-refractivity contribution in [3.05, 3.63) is 71.3 Å². The first-order chi connectivity index (χ1) is 11.0. The Morgan fingerprint density at radius 1 is 1.00 bits per heavy atom. The van der Waals surface area contributed by atoms with Crippen molar-refractivity contribution < 1.29 is 8.42 Å². The second kappa shape index (κ2) is 6.30. The van der Waals surface area contributed by atoms with E-state index in [2.05, 4.69) is 12.1 Å². The van der Waals surface area contributed by atoms with E-state index >= 15 is 0 Å². The minimum atomic E-state index is -3.43. The highest BCUT2D eigenvalue weighted by atomic mass is 32.2. The summed E-state index contributed by atoms with van der Waals surface area (Å²) in [5, 5.41) is 0. The lowest BCUT2D eigenvalue weighted by Gasteiger charge is -2.26. The first-order valence-electron chi connectivity index (χ1n) is 7.80. The summed E-state index contributed by atoms with van der Waals surface area (Å²) in [6, 6.07) is 15.7. The van der Waals surface area contributed by atoms with E-state index in [4.69, 9.17) is 0 Å². The van der Waals surface area contributed by atoms with E-state index in [1.807, 2.05) is 50.3 Å². The third-order valence-electron chi connectivity index (χ3n) is 4.28. The Balaban J connectivity index is 1.87. The highest BCUT2D eigenvalue weighted by Crippen LogP contribution is 2.27. The van der Waals surface area contributed by atoms with Gasteiger partial charge in [0.15, 0.2) is 0 Å². The summed E-state index contributed by atoms with van der Waals surface area (Å²) in [7, 11) is -3.43. The summed E-state index contributed by atoms with van der Waals surface area (Å²) < 4.78 is 27.4. The molecule has 0 aromatic heterocycles. The zero-order chi connectivity index (χ0) is 16.4. The summed E-state index contributed by atoms with van der Waals surface area (Å²) in [6.07, 6.45) is 2.77. The van der Waals surface area contributed by atoms with Gasteiger partial charge in [-0.15, -0.1) is 0 Å². The van der Waals surface area contributed by atoms with Gasteiger partial charge in [0, 0.05) is 13.1 Å². The van der Waals surface area contributed by atoms with Crippen molar-refractivity contribution in [2.75, 3.05) is 13.1 Å². The third kappa shape index (κ3) is 3.23. The third-order valence-corrected chi connectivity index (χ3v) is 6.29. The van der Waals surface area contributed by atoms with E-state index in [1.165, 1.54) is 11.1 Å². The molecular formula is C19H21NO2S. The average molecular weight is 327 g/mol. The predicted octanol–water partition coefficient (Wildman–Crippen LogP) is 3.78. The van der Waals surface area contributed by atoms with Gasteiger partial charge < -0.3 is 0 Å². The molecule has 2 aromatic carbocycles. The van der Waals surface area contributed by atoms with Gasteiger partial charge in [-0.05, 0) is 48.6 Å². The van der Waals surface area contributed by atoms with Crippen LogP contribution in [0.5, 0.6) is 0 Å². The average Bonchev–Trinajstić information content (AvgIpc) is 2.58. The number of rotatable bonds is 3. The number of aryl methyl sites for hydroxylation is 2. The van der Waals surface area contributed by atoms with Crippen molar-refractivity contribution in [3.8, 4) is 0 Å². The van der Waals surface area contributed by atoms with E-state index in [0.29, 0.717) is 18.0 Å². The molecule has 3 rings (SSSR count).